The second kappa shape index (κ2) is 2.52. The summed E-state index contributed by atoms with van der Waals surface area (Å²) in [5.74, 6) is 0.979. The fourth-order valence-corrected chi connectivity index (χ4v) is 4.43. The lowest BCUT2D eigenvalue weighted by Crippen LogP contribution is -2.05. The van der Waals surface area contributed by atoms with E-state index in [1.807, 2.05) is 0 Å². The SMILES string of the molecule is C1=CC2CCC(C=I2)C1. The molecule has 0 amide bonds. The molecular formula is C8H11I. The second-order valence-electron chi connectivity index (χ2n) is 2.77. The Morgan fingerprint density at radius 2 is 2.33 bits per heavy atom. The lowest BCUT2D eigenvalue weighted by Gasteiger charge is -2.14. The molecule has 1 aliphatic carbocycles. The van der Waals surface area contributed by atoms with Gasteiger partial charge >= 0.3 is 0 Å². The number of fused-ring (bicyclic) bond motifs is 2. The van der Waals surface area contributed by atoms with Crippen LogP contribution in [-0.4, -0.2) is 7.94 Å². The molecule has 0 N–H and O–H groups in total. The average Bonchev–Trinajstić information content (AvgIpc) is 2.21. The number of rotatable bonds is 0. The summed E-state index contributed by atoms with van der Waals surface area (Å²) in [4.78, 5) is 0. The van der Waals surface area contributed by atoms with E-state index in [-0.39, 0.29) is 0 Å². The zero-order chi connectivity index (χ0) is 6.10. The molecule has 2 bridgehead atoms. The fourth-order valence-electron chi connectivity index (χ4n) is 1.40. The highest BCUT2D eigenvalue weighted by Gasteiger charge is 2.15. The predicted molar refractivity (Wildman–Crippen MR) is 50.4 cm³/mol. The van der Waals surface area contributed by atoms with Crippen LogP contribution < -0.4 is 0 Å². The minimum atomic E-state index is 0.459. The third-order valence-corrected chi connectivity index (χ3v) is 5.40. The predicted octanol–water partition coefficient (Wildman–Crippen LogP) is 2.50. The van der Waals surface area contributed by atoms with Crippen LogP contribution in [0.15, 0.2) is 12.2 Å². The van der Waals surface area contributed by atoms with Gasteiger partial charge in [-0.2, -0.15) is 0 Å². The Hall–Kier alpha value is 0.340. The van der Waals surface area contributed by atoms with Crippen molar-refractivity contribution in [2.45, 2.75) is 23.2 Å². The van der Waals surface area contributed by atoms with Crippen molar-refractivity contribution in [1.29, 1.82) is 0 Å². The molecule has 50 valence electrons. The highest BCUT2D eigenvalue weighted by Crippen LogP contribution is 2.31. The van der Waals surface area contributed by atoms with E-state index in [1.165, 1.54) is 19.3 Å². The van der Waals surface area contributed by atoms with E-state index in [4.69, 9.17) is 0 Å². The van der Waals surface area contributed by atoms with E-state index >= 15 is 0 Å². The zero-order valence-electron chi connectivity index (χ0n) is 5.39. The topological polar surface area (TPSA) is 0 Å². The van der Waals surface area contributed by atoms with E-state index in [1.54, 1.807) is 0 Å². The maximum atomic E-state index is 2.62. The van der Waals surface area contributed by atoms with Gasteiger partial charge in [0, 0.05) is 3.92 Å². The minimum absolute atomic E-state index is 0.459. The van der Waals surface area contributed by atoms with Crippen molar-refractivity contribution in [3.63, 3.8) is 0 Å². The standard InChI is InChI=1S/C8H11I/c1-2-7-4-5-8(3-1)9-6-7/h1,3,6-8H,2,4-5H2. The quantitative estimate of drug-likeness (QED) is 0.343. The van der Waals surface area contributed by atoms with Crippen LogP contribution in [0.3, 0.4) is 0 Å². The lowest BCUT2D eigenvalue weighted by molar-refractivity contribution is 0.639. The molecule has 0 nitrogen and oxygen atoms in total. The van der Waals surface area contributed by atoms with Crippen molar-refractivity contribution in [3.8, 4) is 0 Å². The van der Waals surface area contributed by atoms with Gasteiger partial charge in [0.25, 0.3) is 0 Å². The maximum absolute atomic E-state index is 2.62. The molecular weight excluding hydrogens is 223 g/mol. The van der Waals surface area contributed by atoms with Gasteiger partial charge in [0.15, 0.2) is 0 Å². The van der Waals surface area contributed by atoms with E-state index in [2.05, 4.69) is 16.2 Å². The van der Waals surface area contributed by atoms with E-state index < -0.39 is 0 Å². The molecule has 9 heavy (non-hydrogen) atoms. The molecule has 0 radical (unpaired) electrons. The number of allylic oxidation sites excluding steroid dienone is 2. The normalized spacial score (nSPS) is 40.0. The van der Waals surface area contributed by atoms with Gasteiger partial charge in [0.2, 0.25) is 0 Å². The van der Waals surface area contributed by atoms with Gasteiger partial charge in [-0.1, -0.05) is 16.2 Å². The molecule has 0 aromatic carbocycles. The summed E-state index contributed by atoms with van der Waals surface area (Å²) in [6, 6.07) is 0. The van der Waals surface area contributed by atoms with Crippen LogP contribution in [0.1, 0.15) is 19.3 Å². The fraction of sp³-hybridized carbons (Fsp3) is 0.625. The number of hydrogen-bond acceptors (Lipinski definition) is 0. The third-order valence-electron chi connectivity index (χ3n) is 2.01. The summed E-state index contributed by atoms with van der Waals surface area (Å²) in [5, 5.41) is 0. The Kier molecular flexibility index (Phi) is 1.70. The molecule has 2 atom stereocenters. The van der Waals surface area contributed by atoms with Gasteiger partial charge in [0.05, 0.1) is 0 Å². The Labute approximate surface area is 66.1 Å². The van der Waals surface area contributed by atoms with Crippen molar-refractivity contribution in [3.05, 3.63) is 12.2 Å². The van der Waals surface area contributed by atoms with Gasteiger partial charge < -0.3 is 0 Å². The molecule has 3 aliphatic rings. The monoisotopic (exact) mass is 234 g/mol. The highest BCUT2D eigenvalue weighted by molar-refractivity contribution is 14.2. The van der Waals surface area contributed by atoms with Crippen LogP contribution in [0.2, 0.25) is 0 Å². The Morgan fingerprint density at radius 1 is 1.33 bits per heavy atom. The number of hydrogen-bond donors (Lipinski definition) is 0. The molecule has 0 saturated heterocycles. The largest absolute Gasteiger partial charge is 0.119 e. The highest BCUT2D eigenvalue weighted by atomic mass is 127. The van der Waals surface area contributed by atoms with Crippen molar-refractivity contribution in [1.82, 2.24) is 0 Å². The van der Waals surface area contributed by atoms with Gasteiger partial charge in [-0.25, -0.2) is 0 Å². The summed E-state index contributed by atoms with van der Waals surface area (Å²) in [6.07, 6.45) is 9.15. The van der Waals surface area contributed by atoms with Crippen LogP contribution in [0.5, 0.6) is 0 Å². The first kappa shape index (κ1) is 6.08. The smallest absolute Gasteiger partial charge is 0.0239 e. The first-order chi connectivity index (χ1) is 4.45. The molecule has 0 aromatic heterocycles. The molecule has 0 aromatic rings. The van der Waals surface area contributed by atoms with Gasteiger partial charge in [-0.3, -0.25) is 0 Å². The van der Waals surface area contributed by atoms with Crippen LogP contribution in [-0.2, 0) is 0 Å². The summed E-state index contributed by atoms with van der Waals surface area (Å²) < 4.78 is 3.63. The molecule has 2 aliphatic heterocycles. The molecule has 2 unspecified atom stereocenters. The average molecular weight is 234 g/mol. The van der Waals surface area contributed by atoms with E-state index in [0.717, 1.165) is 9.84 Å². The summed E-state index contributed by atoms with van der Waals surface area (Å²) in [5.41, 5.74) is 0. The molecule has 3 rings (SSSR count). The first-order valence-electron chi connectivity index (χ1n) is 3.57. The van der Waals surface area contributed by atoms with Gasteiger partial charge in [0.1, 0.15) is 0 Å². The van der Waals surface area contributed by atoms with E-state index in [0.29, 0.717) is 20.7 Å². The van der Waals surface area contributed by atoms with Crippen molar-refractivity contribution < 1.29 is 0 Å². The number of halogens is 1. The molecule has 0 fully saturated rings. The molecule has 1 heteroatoms. The zero-order valence-corrected chi connectivity index (χ0v) is 7.54. The van der Waals surface area contributed by atoms with Gasteiger partial charge in [-0.05, 0) is 25.2 Å². The Bertz CT molecular complexity index is 158. The van der Waals surface area contributed by atoms with Crippen LogP contribution in [0, 0.1) is 5.92 Å². The maximum Gasteiger partial charge on any atom is 0.0239 e. The summed E-state index contributed by atoms with van der Waals surface area (Å²) >= 11 is 0.459. The minimum Gasteiger partial charge on any atom is -0.119 e. The lowest BCUT2D eigenvalue weighted by atomic mass is 10.0. The van der Waals surface area contributed by atoms with Crippen LogP contribution >= 0.6 is 20.7 Å². The Morgan fingerprint density at radius 3 is 3.11 bits per heavy atom. The van der Waals surface area contributed by atoms with E-state index in [9.17, 15) is 0 Å². The van der Waals surface area contributed by atoms with Crippen LogP contribution in [0.4, 0.5) is 0 Å². The Balaban J connectivity index is 2.26. The summed E-state index contributed by atoms with van der Waals surface area (Å²) in [6.45, 7) is 0. The van der Waals surface area contributed by atoms with Crippen molar-refractivity contribution in [2.24, 2.45) is 5.92 Å². The van der Waals surface area contributed by atoms with Crippen molar-refractivity contribution in [2.75, 3.05) is 0 Å². The van der Waals surface area contributed by atoms with Crippen LogP contribution in [0.25, 0.3) is 0 Å². The summed E-state index contributed by atoms with van der Waals surface area (Å²) in [7, 11) is 0. The third kappa shape index (κ3) is 1.26. The first-order valence-corrected chi connectivity index (χ1v) is 6.06. The molecule has 0 spiro atoms. The van der Waals surface area contributed by atoms with Gasteiger partial charge in [-0.15, -0.1) is 20.7 Å². The number of alkyl halides is 1. The molecule has 2 heterocycles. The molecule has 0 saturated carbocycles. The van der Waals surface area contributed by atoms with Crippen molar-refractivity contribution >= 4 is 24.7 Å². The second-order valence-corrected chi connectivity index (χ2v) is 5.81.